The van der Waals surface area contributed by atoms with E-state index >= 15 is 0 Å². The molecular formula is C23H19ClN6O4S. The van der Waals surface area contributed by atoms with Crippen molar-refractivity contribution < 1.29 is 18.0 Å². The zero-order valence-electron chi connectivity index (χ0n) is 18.5. The summed E-state index contributed by atoms with van der Waals surface area (Å²) in [5.74, 6) is -1.73. The molecular weight excluding hydrogens is 492 g/mol. The summed E-state index contributed by atoms with van der Waals surface area (Å²) in [4.78, 5) is 30.2. The number of carbonyl (C=O) groups is 2. The molecule has 1 aliphatic heterocycles. The first-order valence-corrected chi connectivity index (χ1v) is 13.1. The molecule has 10 nitrogen and oxygen atoms in total. The molecule has 2 aromatic heterocycles. The standard InChI is InChI=1S/C23H19ClN6O4S/c1-35(33,34)12-19(31)27-21-20-17(29-30(21)18-5-2-13(10-25)11-26-18)9-23(28-22(20)32)7-6-14-8-15(24)3-4-16(14)23/h2-5,8,11H,6-7,9,12H2,1H3,(H,27,31)(H,28,32)/t23-/m0/s1. The van der Waals surface area contributed by atoms with E-state index in [1.165, 1.54) is 23.0 Å². The number of hydrogen-bond donors (Lipinski definition) is 2. The Balaban J connectivity index is 1.61. The molecule has 178 valence electrons. The van der Waals surface area contributed by atoms with E-state index in [0.29, 0.717) is 29.1 Å². The molecule has 1 spiro atoms. The van der Waals surface area contributed by atoms with Crippen molar-refractivity contribution in [3.05, 3.63) is 69.5 Å². The van der Waals surface area contributed by atoms with Gasteiger partial charge in [-0.3, -0.25) is 9.59 Å². The number of anilines is 1. The number of aryl methyl sites for hydroxylation is 1. The van der Waals surface area contributed by atoms with Crippen molar-refractivity contribution in [2.45, 2.75) is 24.8 Å². The summed E-state index contributed by atoms with van der Waals surface area (Å²) in [6.45, 7) is 0. The molecule has 1 aromatic carbocycles. The van der Waals surface area contributed by atoms with E-state index in [-0.39, 0.29) is 17.2 Å². The van der Waals surface area contributed by atoms with Gasteiger partial charge in [0.25, 0.3) is 5.91 Å². The average molecular weight is 511 g/mol. The minimum absolute atomic E-state index is 0.0209. The van der Waals surface area contributed by atoms with Crippen LogP contribution in [0.1, 0.15) is 39.2 Å². The maximum absolute atomic E-state index is 13.4. The SMILES string of the molecule is CS(=O)(=O)CC(=O)Nc1c2c(nn1-c1ccc(C#N)cn1)C[C@]1(CCc3cc(Cl)ccc31)NC2=O. The van der Waals surface area contributed by atoms with Crippen molar-refractivity contribution in [1.29, 1.82) is 5.26 Å². The third-order valence-electron chi connectivity index (χ3n) is 6.16. The van der Waals surface area contributed by atoms with Crippen LogP contribution in [0.25, 0.3) is 5.82 Å². The van der Waals surface area contributed by atoms with Crippen LogP contribution in [0.5, 0.6) is 0 Å². The second-order valence-corrected chi connectivity index (χ2v) is 11.3. The maximum atomic E-state index is 13.4. The quantitative estimate of drug-likeness (QED) is 0.544. The lowest BCUT2D eigenvalue weighted by Crippen LogP contribution is -2.49. The van der Waals surface area contributed by atoms with Crippen LogP contribution in [0.15, 0.2) is 36.5 Å². The van der Waals surface area contributed by atoms with Gasteiger partial charge in [-0.2, -0.15) is 15.0 Å². The Bertz CT molecular complexity index is 1540. The molecule has 0 radical (unpaired) electrons. The lowest BCUT2D eigenvalue weighted by molar-refractivity contribution is -0.113. The fourth-order valence-electron chi connectivity index (χ4n) is 4.73. The number of nitrogens with one attached hydrogen (secondary N) is 2. The Morgan fingerprint density at radius 2 is 2.14 bits per heavy atom. The van der Waals surface area contributed by atoms with Gasteiger partial charge in [-0.1, -0.05) is 17.7 Å². The fourth-order valence-corrected chi connectivity index (χ4v) is 5.48. The Labute approximate surface area is 205 Å². The monoisotopic (exact) mass is 510 g/mol. The second-order valence-electron chi connectivity index (χ2n) is 8.73. The van der Waals surface area contributed by atoms with Crippen LogP contribution in [0.2, 0.25) is 5.02 Å². The molecule has 2 aliphatic rings. The van der Waals surface area contributed by atoms with Crippen molar-refractivity contribution in [2.24, 2.45) is 0 Å². The van der Waals surface area contributed by atoms with E-state index in [1.54, 1.807) is 6.07 Å². The number of rotatable bonds is 4. The van der Waals surface area contributed by atoms with Crippen LogP contribution >= 0.6 is 11.6 Å². The number of nitriles is 1. The number of nitrogens with zero attached hydrogens (tertiary/aromatic N) is 4. The van der Waals surface area contributed by atoms with Crippen molar-refractivity contribution >= 4 is 39.1 Å². The molecule has 5 rings (SSSR count). The zero-order valence-corrected chi connectivity index (χ0v) is 20.1. The topological polar surface area (TPSA) is 147 Å². The molecule has 0 unspecified atom stereocenters. The highest BCUT2D eigenvalue weighted by atomic mass is 35.5. The molecule has 2 amide bonds. The minimum atomic E-state index is -3.61. The van der Waals surface area contributed by atoms with Gasteiger partial charge in [0.05, 0.1) is 16.8 Å². The number of aromatic nitrogens is 3. The minimum Gasteiger partial charge on any atom is -0.342 e. The highest BCUT2D eigenvalue weighted by Crippen LogP contribution is 2.44. The van der Waals surface area contributed by atoms with Crippen molar-refractivity contribution in [3.8, 4) is 11.9 Å². The van der Waals surface area contributed by atoms with Crippen molar-refractivity contribution in [3.63, 3.8) is 0 Å². The van der Waals surface area contributed by atoms with Gasteiger partial charge in [-0.25, -0.2) is 13.4 Å². The van der Waals surface area contributed by atoms with Crippen LogP contribution in [0, 0.1) is 11.3 Å². The lowest BCUT2D eigenvalue weighted by atomic mass is 9.83. The number of hydrogen-bond acceptors (Lipinski definition) is 7. The molecule has 1 atom stereocenters. The van der Waals surface area contributed by atoms with Crippen molar-refractivity contribution in [2.75, 3.05) is 17.3 Å². The Hall–Kier alpha value is -3.75. The van der Waals surface area contributed by atoms with Crippen LogP contribution in [-0.2, 0) is 33.0 Å². The van der Waals surface area contributed by atoms with E-state index in [1.807, 2.05) is 18.2 Å². The predicted octanol–water partition coefficient (Wildman–Crippen LogP) is 1.90. The maximum Gasteiger partial charge on any atom is 0.257 e. The van der Waals surface area contributed by atoms with Gasteiger partial charge in [0.15, 0.2) is 21.5 Å². The molecule has 35 heavy (non-hydrogen) atoms. The average Bonchev–Trinajstić information content (AvgIpc) is 3.31. The summed E-state index contributed by atoms with van der Waals surface area (Å²) in [5, 5.41) is 19.9. The van der Waals surface area contributed by atoms with Gasteiger partial charge < -0.3 is 10.6 Å². The summed E-state index contributed by atoms with van der Waals surface area (Å²) in [5.41, 5.74) is 2.26. The third kappa shape index (κ3) is 4.15. The summed E-state index contributed by atoms with van der Waals surface area (Å²) in [6.07, 6.45) is 4.05. The normalized spacial score (nSPS) is 18.5. The number of fused-ring (bicyclic) bond motifs is 3. The Kier molecular flexibility index (Phi) is 5.38. The first-order valence-electron chi connectivity index (χ1n) is 10.7. The predicted molar refractivity (Wildman–Crippen MR) is 127 cm³/mol. The number of amides is 2. The number of benzene rings is 1. The lowest BCUT2D eigenvalue weighted by Gasteiger charge is -2.35. The molecule has 12 heteroatoms. The summed E-state index contributed by atoms with van der Waals surface area (Å²) >= 11 is 6.16. The van der Waals surface area contributed by atoms with E-state index in [4.69, 9.17) is 16.9 Å². The molecule has 0 saturated heterocycles. The van der Waals surface area contributed by atoms with E-state index < -0.39 is 32.9 Å². The number of carbonyl (C=O) groups excluding carboxylic acids is 2. The summed E-state index contributed by atoms with van der Waals surface area (Å²) in [7, 11) is -3.61. The molecule has 2 N–H and O–H groups in total. The Morgan fingerprint density at radius 3 is 2.83 bits per heavy atom. The summed E-state index contributed by atoms with van der Waals surface area (Å²) in [6, 6.07) is 10.6. The van der Waals surface area contributed by atoms with Gasteiger partial charge in [-0.15, -0.1) is 0 Å². The summed E-state index contributed by atoms with van der Waals surface area (Å²) < 4.78 is 24.6. The first-order chi connectivity index (χ1) is 16.6. The molecule has 0 fully saturated rings. The zero-order chi connectivity index (χ0) is 25.0. The fraction of sp³-hybridized carbons (Fsp3) is 0.261. The second kappa shape index (κ2) is 8.18. The third-order valence-corrected chi connectivity index (χ3v) is 7.18. The highest BCUT2D eigenvalue weighted by Gasteiger charge is 2.46. The number of halogens is 1. The van der Waals surface area contributed by atoms with Crippen molar-refractivity contribution in [1.82, 2.24) is 20.1 Å². The number of pyridine rings is 1. The molecule has 1 aliphatic carbocycles. The largest absolute Gasteiger partial charge is 0.342 e. The Morgan fingerprint density at radius 1 is 1.34 bits per heavy atom. The van der Waals surface area contributed by atoms with Gasteiger partial charge in [0.1, 0.15) is 17.4 Å². The van der Waals surface area contributed by atoms with Gasteiger partial charge in [-0.05, 0) is 48.2 Å². The molecule has 3 aromatic rings. The van der Waals surface area contributed by atoms with E-state index in [0.717, 1.165) is 23.8 Å². The first kappa shape index (κ1) is 23.0. The number of sulfone groups is 1. The van der Waals surface area contributed by atoms with Gasteiger partial charge in [0, 0.05) is 23.9 Å². The highest BCUT2D eigenvalue weighted by molar-refractivity contribution is 7.91. The van der Waals surface area contributed by atoms with E-state index in [2.05, 4.69) is 20.7 Å². The van der Waals surface area contributed by atoms with Crippen LogP contribution in [-0.4, -0.2) is 47.0 Å². The molecule has 0 saturated carbocycles. The van der Waals surface area contributed by atoms with Crippen LogP contribution in [0.4, 0.5) is 5.82 Å². The van der Waals surface area contributed by atoms with Gasteiger partial charge in [0.2, 0.25) is 5.91 Å². The molecule has 3 heterocycles. The smallest absolute Gasteiger partial charge is 0.257 e. The van der Waals surface area contributed by atoms with E-state index in [9.17, 15) is 18.0 Å². The van der Waals surface area contributed by atoms with Gasteiger partial charge >= 0.3 is 0 Å². The van der Waals surface area contributed by atoms with Crippen LogP contribution in [0.3, 0.4) is 0 Å². The van der Waals surface area contributed by atoms with Crippen LogP contribution < -0.4 is 10.6 Å². The molecule has 0 bridgehead atoms.